The molecule has 2 amide bonds. The van der Waals surface area contributed by atoms with Gasteiger partial charge in [-0.05, 0) is 54.6 Å². The van der Waals surface area contributed by atoms with Gasteiger partial charge in [0.2, 0.25) is 0 Å². The van der Waals surface area contributed by atoms with Crippen LogP contribution in [0.4, 0.5) is 0 Å². The number of nitrogens with zero attached hydrogens (tertiary/aromatic N) is 1. The van der Waals surface area contributed by atoms with Gasteiger partial charge in [0, 0.05) is 11.1 Å². The van der Waals surface area contributed by atoms with Crippen molar-refractivity contribution in [1.29, 1.82) is 5.41 Å². The van der Waals surface area contributed by atoms with E-state index in [1.165, 1.54) is 12.0 Å². The molecule has 3 rings (SSSR count). The second-order valence-electron chi connectivity index (χ2n) is 10.3. The van der Waals surface area contributed by atoms with E-state index in [1.807, 2.05) is 36.4 Å². The summed E-state index contributed by atoms with van der Waals surface area (Å²) in [6.45, 7) is 8.83. The van der Waals surface area contributed by atoms with E-state index in [9.17, 15) is 9.59 Å². The van der Waals surface area contributed by atoms with E-state index >= 15 is 0 Å². The molecule has 0 fully saturated rings. The van der Waals surface area contributed by atoms with Gasteiger partial charge in [0.25, 0.3) is 11.8 Å². The van der Waals surface area contributed by atoms with Crippen LogP contribution in [0.1, 0.15) is 87.7 Å². The second kappa shape index (κ2) is 18.3. The zero-order chi connectivity index (χ0) is 30.1. The Balaban J connectivity index is 0.000000394. The van der Waals surface area contributed by atoms with Gasteiger partial charge in [0.1, 0.15) is 17.2 Å². The van der Waals surface area contributed by atoms with Crippen molar-refractivity contribution < 1.29 is 9.59 Å². The molecule has 0 aromatic heterocycles. The Bertz CT molecular complexity index is 1100. The Labute approximate surface area is 241 Å². The minimum absolute atomic E-state index is 0.0329. The first kappa shape index (κ1) is 34.9. The van der Waals surface area contributed by atoms with Crippen molar-refractivity contribution in [3.8, 4) is 0 Å². The Morgan fingerprint density at radius 3 is 2.20 bits per heavy atom. The van der Waals surface area contributed by atoms with Gasteiger partial charge in [-0.25, -0.2) is 0 Å². The molecule has 220 valence electrons. The number of nitrogens with one attached hydrogen (secondary N) is 3. The normalized spacial score (nSPS) is 15.7. The van der Waals surface area contributed by atoms with Gasteiger partial charge in [0.15, 0.2) is 0 Å². The van der Waals surface area contributed by atoms with Crippen LogP contribution in [0.2, 0.25) is 0 Å². The summed E-state index contributed by atoms with van der Waals surface area (Å²) in [4.78, 5) is 28.8. The predicted octanol–water partition coefficient (Wildman–Crippen LogP) is 3.55. The van der Waals surface area contributed by atoms with Gasteiger partial charge in [-0.15, -0.1) is 9.24 Å². The van der Waals surface area contributed by atoms with Crippen molar-refractivity contribution in [2.75, 3.05) is 6.54 Å². The Morgan fingerprint density at radius 1 is 1.05 bits per heavy atom. The fourth-order valence-electron chi connectivity index (χ4n) is 4.37. The van der Waals surface area contributed by atoms with Gasteiger partial charge in [0.05, 0.1) is 6.54 Å². The minimum atomic E-state index is -0.393. The molecule has 0 bridgehead atoms. The van der Waals surface area contributed by atoms with Crippen LogP contribution >= 0.6 is 9.24 Å². The van der Waals surface area contributed by atoms with E-state index in [4.69, 9.17) is 16.1 Å². The van der Waals surface area contributed by atoms with Gasteiger partial charge >= 0.3 is 0 Å². The van der Waals surface area contributed by atoms with Crippen molar-refractivity contribution >= 4 is 37.9 Å². The van der Waals surface area contributed by atoms with Crippen LogP contribution in [0.15, 0.2) is 53.5 Å². The van der Waals surface area contributed by atoms with E-state index in [-0.39, 0.29) is 24.2 Å². The van der Waals surface area contributed by atoms with Crippen molar-refractivity contribution in [3.05, 3.63) is 65.2 Å². The maximum atomic E-state index is 12.4. The monoisotopic (exact) mass is 569 g/mol. The van der Waals surface area contributed by atoms with Crippen LogP contribution in [0.25, 0.3) is 0 Å². The standard InChI is InChI=1S/C18H27N2OP.C12H17N3O.H4N2/c1-4-11-18(12-5-6-13(2)3)19-16(17(21)20-18)14-7-9-15(22)10-8-14;1-2-3-9-4-6-10(7-5-9)12(16)15-8-11(13)14;1-2/h7-10,13H,4-6,11-12,22H2,1-3H3,(H,20,21);4-7H,2-3,8H2,1H3,(H3,13,14)(H,15,16);1-2H2. The predicted molar refractivity (Wildman–Crippen MR) is 170 cm³/mol. The number of amides is 2. The molecule has 2 aromatic carbocycles. The SMILES string of the molecule is CCCC1(CCCC(C)C)N=C(c2ccc(P)cc2)C(=O)N1.CCCc1ccc(C(=O)NCC(=N)N)cc1.NN. The Hall–Kier alpha value is -3.13. The third-order valence-corrected chi connectivity index (χ3v) is 6.69. The van der Waals surface area contributed by atoms with Crippen molar-refractivity contribution in [3.63, 3.8) is 0 Å². The molecule has 1 aliphatic rings. The lowest BCUT2D eigenvalue weighted by molar-refractivity contribution is -0.115. The van der Waals surface area contributed by atoms with E-state index in [1.54, 1.807) is 12.1 Å². The van der Waals surface area contributed by atoms with Gasteiger partial charge in [-0.2, -0.15) is 0 Å². The lowest BCUT2D eigenvalue weighted by Crippen LogP contribution is -2.42. The highest BCUT2D eigenvalue weighted by atomic mass is 31.0. The molecule has 10 heteroatoms. The molecule has 9 nitrogen and oxygen atoms in total. The van der Waals surface area contributed by atoms with Gasteiger partial charge in [-0.3, -0.25) is 31.7 Å². The zero-order valence-electron chi connectivity index (χ0n) is 24.4. The first-order valence-corrected chi connectivity index (χ1v) is 14.5. The van der Waals surface area contributed by atoms with Crippen molar-refractivity contribution in [2.24, 2.45) is 28.3 Å². The number of hydrazine groups is 1. The highest BCUT2D eigenvalue weighted by molar-refractivity contribution is 7.27. The van der Waals surface area contributed by atoms with Crippen LogP contribution in [0.3, 0.4) is 0 Å². The average molecular weight is 570 g/mol. The summed E-state index contributed by atoms with van der Waals surface area (Å²) in [5.74, 6) is 8.41. The summed E-state index contributed by atoms with van der Waals surface area (Å²) in [6, 6.07) is 15.4. The number of hydrogen-bond donors (Lipinski definition) is 6. The highest BCUT2D eigenvalue weighted by Gasteiger charge is 2.38. The smallest absolute Gasteiger partial charge is 0.272 e. The molecule has 2 atom stereocenters. The summed E-state index contributed by atoms with van der Waals surface area (Å²) < 4.78 is 0. The largest absolute Gasteiger partial charge is 0.386 e. The summed E-state index contributed by atoms with van der Waals surface area (Å²) in [6.07, 6.45) is 7.24. The minimum Gasteiger partial charge on any atom is -0.386 e. The number of rotatable bonds is 12. The van der Waals surface area contributed by atoms with Crippen LogP contribution in [0.5, 0.6) is 0 Å². The van der Waals surface area contributed by atoms with Crippen LogP contribution in [-0.2, 0) is 11.2 Å². The molecule has 0 radical (unpaired) electrons. The molecule has 2 unspecified atom stereocenters. The average Bonchev–Trinajstić information content (AvgIpc) is 3.25. The second-order valence-corrected chi connectivity index (χ2v) is 10.9. The fourth-order valence-corrected chi connectivity index (χ4v) is 4.56. The zero-order valence-corrected chi connectivity index (χ0v) is 25.6. The fraction of sp³-hybridized carbons (Fsp3) is 0.467. The molecule has 2 aromatic rings. The molecule has 1 heterocycles. The number of nitrogens with two attached hydrogens (primary N) is 3. The summed E-state index contributed by atoms with van der Waals surface area (Å²) in [5.41, 5.74) is 8.08. The first-order chi connectivity index (χ1) is 19.1. The van der Waals surface area contributed by atoms with Crippen LogP contribution in [-0.4, -0.2) is 35.6 Å². The lowest BCUT2D eigenvalue weighted by atomic mass is 9.95. The number of carbonyl (C=O) groups excluding carboxylic acids is 2. The Morgan fingerprint density at radius 2 is 1.68 bits per heavy atom. The number of amidine groups is 1. The molecular formula is C30H48N7O2P. The third-order valence-electron chi connectivity index (χ3n) is 6.30. The van der Waals surface area contributed by atoms with Crippen molar-refractivity contribution in [1.82, 2.24) is 10.6 Å². The molecular weight excluding hydrogens is 521 g/mol. The summed E-state index contributed by atoms with van der Waals surface area (Å²) in [5, 5.41) is 13.8. The van der Waals surface area contributed by atoms with Gasteiger partial charge in [-0.1, -0.05) is 83.4 Å². The lowest BCUT2D eigenvalue weighted by Gasteiger charge is -2.26. The van der Waals surface area contributed by atoms with Gasteiger partial charge < -0.3 is 16.4 Å². The molecule has 0 spiro atoms. The van der Waals surface area contributed by atoms with E-state index in [0.29, 0.717) is 17.2 Å². The van der Waals surface area contributed by atoms with E-state index in [2.05, 4.69) is 59.3 Å². The molecule has 0 saturated carbocycles. The quantitative estimate of drug-likeness (QED) is 0.0753. The number of carbonyl (C=O) groups is 2. The topological polar surface area (TPSA) is 172 Å². The number of aliphatic imine (C=N–C) groups is 1. The number of aryl methyl sites for hydroxylation is 1. The molecule has 0 aliphatic carbocycles. The first-order valence-electron chi connectivity index (χ1n) is 13.9. The molecule has 9 N–H and O–H groups in total. The van der Waals surface area contributed by atoms with Crippen LogP contribution < -0.4 is 33.4 Å². The van der Waals surface area contributed by atoms with E-state index in [0.717, 1.165) is 49.4 Å². The highest BCUT2D eigenvalue weighted by Crippen LogP contribution is 2.28. The third kappa shape index (κ3) is 11.9. The number of benzene rings is 2. The summed E-state index contributed by atoms with van der Waals surface area (Å²) >= 11 is 0. The van der Waals surface area contributed by atoms with Crippen molar-refractivity contribution in [2.45, 2.75) is 78.3 Å². The number of hydrogen-bond acceptors (Lipinski definition) is 6. The van der Waals surface area contributed by atoms with E-state index < -0.39 is 5.66 Å². The Kier molecular flexibility index (Phi) is 15.9. The molecule has 1 aliphatic heterocycles. The van der Waals surface area contributed by atoms with Crippen LogP contribution in [0, 0.1) is 11.3 Å². The molecule has 40 heavy (non-hydrogen) atoms. The maximum Gasteiger partial charge on any atom is 0.272 e. The molecule has 0 saturated heterocycles. The summed E-state index contributed by atoms with van der Waals surface area (Å²) in [7, 11) is 2.66. The maximum absolute atomic E-state index is 12.4.